The maximum Gasteiger partial charge on any atom is 0.224 e. The Balaban J connectivity index is 1.51. The molecular formula is C24H31N5O2S. The lowest BCUT2D eigenvalue weighted by Gasteiger charge is -2.27. The van der Waals surface area contributed by atoms with Gasteiger partial charge >= 0.3 is 0 Å². The Morgan fingerprint density at radius 2 is 2.06 bits per heavy atom. The third-order valence-corrected chi connectivity index (χ3v) is 8.72. The van der Waals surface area contributed by atoms with E-state index in [1.54, 1.807) is 18.4 Å². The van der Waals surface area contributed by atoms with E-state index in [9.17, 15) is 5.11 Å². The van der Waals surface area contributed by atoms with E-state index < -0.39 is 0 Å². The second-order valence-electron chi connectivity index (χ2n) is 9.46. The molecule has 3 aromatic rings. The maximum absolute atomic E-state index is 10.3. The number of aliphatic hydroxyl groups excluding tert-OH is 1. The molecule has 1 aromatic carbocycles. The number of thiazole rings is 1. The van der Waals surface area contributed by atoms with Gasteiger partial charge in [0.25, 0.3) is 0 Å². The van der Waals surface area contributed by atoms with E-state index in [4.69, 9.17) is 19.7 Å². The molecule has 2 saturated carbocycles. The highest BCUT2D eigenvalue weighted by Gasteiger charge is 2.69. The quantitative estimate of drug-likeness (QED) is 0.490. The highest BCUT2D eigenvalue weighted by molar-refractivity contribution is 7.21. The van der Waals surface area contributed by atoms with E-state index in [0.717, 1.165) is 38.7 Å². The average Bonchev–Trinajstić information content (AvgIpc) is 3.08. The second-order valence-corrected chi connectivity index (χ2v) is 10.5. The molecule has 3 N–H and O–H groups in total. The number of hydrogen-bond acceptors (Lipinski definition) is 8. The molecule has 0 bridgehead atoms. The Hall–Kier alpha value is -2.29. The number of nitrogens with one attached hydrogen (secondary N) is 2. The zero-order chi connectivity index (χ0) is 22.6. The number of para-hydroxylation sites is 1. The Morgan fingerprint density at radius 3 is 2.75 bits per heavy atom. The molecular weight excluding hydrogens is 422 g/mol. The number of benzene rings is 1. The molecule has 0 amide bonds. The molecule has 0 aliphatic heterocycles. The van der Waals surface area contributed by atoms with Gasteiger partial charge in [-0.3, -0.25) is 0 Å². The molecule has 0 saturated heterocycles. The van der Waals surface area contributed by atoms with Crippen molar-refractivity contribution in [3.63, 3.8) is 0 Å². The van der Waals surface area contributed by atoms with E-state index >= 15 is 0 Å². The van der Waals surface area contributed by atoms with Gasteiger partial charge in [0.05, 0.1) is 33.7 Å². The zero-order valence-electron chi connectivity index (χ0n) is 19.2. The average molecular weight is 454 g/mol. The van der Waals surface area contributed by atoms with Crippen LogP contribution in [0.15, 0.2) is 24.3 Å². The van der Waals surface area contributed by atoms with Crippen LogP contribution in [0.1, 0.15) is 32.9 Å². The van der Waals surface area contributed by atoms with Crippen LogP contribution in [-0.2, 0) is 4.74 Å². The van der Waals surface area contributed by atoms with Crippen LogP contribution >= 0.6 is 11.3 Å². The van der Waals surface area contributed by atoms with Crippen LogP contribution in [-0.4, -0.2) is 52.0 Å². The van der Waals surface area contributed by atoms with Crippen LogP contribution in [0.2, 0.25) is 0 Å². The van der Waals surface area contributed by atoms with Crippen molar-refractivity contribution in [1.82, 2.24) is 15.0 Å². The maximum atomic E-state index is 10.3. The molecule has 6 atom stereocenters. The van der Waals surface area contributed by atoms with Crippen LogP contribution in [0.25, 0.3) is 20.8 Å². The van der Waals surface area contributed by atoms with Crippen molar-refractivity contribution >= 4 is 33.3 Å². The van der Waals surface area contributed by atoms with Gasteiger partial charge in [-0.25, -0.2) is 9.97 Å². The third-order valence-electron chi connectivity index (χ3n) is 7.67. The Bertz CT molecular complexity index is 1120. The summed E-state index contributed by atoms with van der Waals surface area (Å²) in [7, 11) is 1.70. The summed E-state index contributed by atoms with van der Waals surface area (Å²) >= 11 is 1.66. The van der Waals surface area contributed by atoms with E-state index in [-0.39, 0.29) is 23.7 Å². The van der Waals surface area contributed by atoms with Crippen LogP contribution in [0.5, 0.6) is 0 Å². The number of ether oxygens (including phenoxy) is 1. The van der Waals surface area contributed by atoms with Gasteiger partial charge in [0, 0.05) is 25.1 Å². The SMILES string of the molecule is COC(C)CNc1nc(C)c(-c2nc3ccccc3s2)c(NC2CC3C(O)C3(C)C2C)n1. The zero-order valence-corrected chi connectivity index (χ0v) is 20.0. The highest BCUT2D eigenvalue weighted by Crippen LogP contribution is 2.66. The number of aryl methyl sites for hydroxylation is 1. The van der Waals surface area contributed by atoms with Crippen molar-refractivity contribution in [3.05, 3.63) is 30.0 Å². The van der Waals surface area contributed by atoms with Gasteiger partial charge in [-0.1, -0.05) is 26.0 Å². The predicted octanol–water partition coefficient (Wildman–Crippen LogP) is 4.33. The molecule has 2 aliphatic carbocycles. The molecule has 6 unspecified atom stereocenters. The number of fused-ring (bicyclic) bond motifs is 2. The molecule has 5 rings (SSSR count). The number of aromatic nitrogens is 3. The van der Waals surface area contributed by atoms with E-state index in [2.05, 4.69) is 30.5 Å². The summed E-state index contributed by atoms with van der Waals surface area (Å²) < 4.78 is 6.50. The number of hydrogen-bond donors (Lipinski definition) is 3. The van der Waals surface area contributed by atoms with Gasteiger partial charge in [-0.05, 0) is 44.2 Å². The van der Waals surface area contributed by atoms with Crippen molar-refractivity contribution in [2.45, 2.75) is 52.4 Å². The lowest BCUT2D eigenvalue weighted by Crippen LogP contribution is -2.31. The Kier molecular flexibility index (Phi) is 5.34. The molecule has 0 spiro atoms. The summed E-state index contributed by atoms with van der Waals surface area (Å²) in [4.78, 5) is 14.5. The number of rotatable bonds is 7. The standard InChI is InChI=1S/C24H31N5O2S/c1-12(31-5)11-25-23-26-14(3)19(22-28-16-8-6-7-9-18(16)32-22)21(29-23)27-17-10-15-20(30)24(15,4)13(17)2/h6-9,12-13,15,17,20,30H,10-11H2,1-5H3,(H2,25,26,27,29). The van der Waals surface area contributed by atoms with Gasteiger partial charge in [-0.15, -0.1) is 11.3 Å². The number of nitrogens with zero attached hydrogens (tertiary/aromatic N) is 3. The summed E-state index contributed by atoms with van der Waals surface area (Å²) in [6.07, 6.45) is 0.826. The van der Waals surface area contributed by atoms with Gasteiger partial charge in [-0.2, -0.15) is 4.98 Å². The second kappa shape index (κ2) is 7.93. The fraction of sp³-hybridized carbons (Fsp3) is 0.542. The molecule has 2 aliphatic rings. The van der Waals surface area contributed by atoms with Crippen molar-refractivity contribution in [2.24, 2.45) is 17.3 Å². The van der Waals surface area contributed by atoms with Crippen LogP contribution in [0.3, 0.4) is 0 Å². The lowest BCUT2D eigenvalue weighted by molar-refractivity contribution is 0.128. The Labute approximate surface area is 192 Å². The summed E-state index contributed by atoms with van der Waals surface area (Å²) in [6, 6.07) is 8.43. The largest absolute Gasteiger partial charge is 0.392 e. The first-order chi connectivity index (χ1) is 15.3. The van der Waals surface area contributed by atoms with Crippen LogP contribution in [0.4, 0.5) is 11.8 Å². The summed E-state index contributed by atoms with van der Waals surface area (Å²) in [5, 5.41) is 18.3. The molecule has 0 radical (unpaired) electrons. The minimum absolute atomic E-state index is 0.00471. The van der Waals surface area contributed by atoms with Crippen molar-refractivity contribution in [1.29, 1.82) is 0 Å². The van der Waals surface area contributed by atoms with Crippen molar-refractivity contribution < 1.29 is 9.84 Å². The van der Waals surface area contributed by atoms with E-state index in [1.807, 2.05) is 32.0 Å². The highest BCUT2D eigenvalue weighted by atomic mass is 32.1. The van der Waals surface area contributed by atoms with Gasteiger partial charge in [0.15, 0.2) is 0 Å². The molecule has 170 valence electrons. The predicted molar refractivity (Wildman–Crippen MR) is 129 cm³/mol. The van der Waals surface area contributed by atoms with Crippen molar-refractivity contribution in [3.8, 4) is 10.6 Å². The first-order valence-electron chi connectivity index (χ1n) is 11.3. The van der Waals surface area contributed by atoms with Gasteiger partial charge < -0.3 is 20.5 Å². The minimum Gasteiger partial charge on any atom is -0.392 e. The first-order valence-corrected chi connectivity index (χ1v) is 12.1. The van der Waals surface area contributed by atoms with Crippen LogP contribution in [0, 0.1) is 24.2 Å². The van der Waals surface area contributed by atoms with E-state index in [1.165, 1.54) is 0 Å². The Morgan fingerprint density at radius 1 is 1.28 bits per heavy atom. The summed E-state index contributed by atoms with van der Waals surface area (Å²) in [5.41, 5.74) is 2.83. The topological polar surface area (TPSA) is 92.2 Å². The first kappa shape index (κ1) is 21.6. The third kappa shape index (κ3) is 3.45. The normalized spacial score (nSPS) is 29.7. The molecule has 2 heterocycles. The number of anilines is 2. The number of methoxy groups -OCH3 is 1. The molecule has 8 heteroatoms. The van der Waals surface area contributed by atoms with Crippen LogP contribution < -0.4 is 10.6 Å². The smallest absolute Gasteiger partial charge is 0.224 e. The molecule has 7 nitrogen and oxygen atoms in total. The van der Waals surface area contributed by atoms with Gasteiger partial charge in [0.1, 0.15) is 10.8 Å². The fourth-order valence-electron chi connectivity index (χ4n) is 5.17. The lowest BCUT2D eigenvalue weighted by atomic mass is 9.90. The molecule has 2 fully saturated rings. The fourth-order valence-corrected chi connectivity index (χ4v) is 6.23. The van der Waals surface area contributed by atoms with Crippen molar-refractivity contribution in [2.75, 3.05) is 24.3 Å². The van der Waals surface area contributed by atoms with E-state index in [0.29, 0.717) is 24.3 Å². The number of aliphatic hydroxyl groups is 1. The molecule has 2 aromatic heterocycles. The molecule has 32 heavy (non-hydrogen) atoms. The van der Waals surface area contributed by atoms with Gasteiger partial charge in [0.2, 0.25) is 5.95 Å². The minimum atomic E-state index is -0.181. The summed E-state index contributed by atoms with van der Waals surface area (Å²) in [6.45, 7) is 9.08. The monoisotopic (exact) mass is 453 g/mol. The summed E-state index contributed by atoms with van der Waals surface area (Å²) in [5.74, 6) is 2.11.